The molecule has 19 heavy (non-hydrogen) atoms. The largest absolute Gasteiger partial charge is 0.507 e. The summed E-state index contributed by atoms with van der Waals surface area (Å²) in [6.45, 7) is 11.4. The number of hydrogen-bond donors (Lipinski definition) is 1. The van der Waals surface area contributed by atoms with Crippen LogP contribution < -0.4 is 0 Å². The quantitative estimate of drug-likeness (QED) is 0.856. The SMILES string of the molecule is CCN(Cc1cc(C)c(O)c(C)c1)C(C)CN(C)C. The van der Waals surface area contributed by atoms with Crippen LogP contribution in [0.25, 0.3) is 0 Å². The Balaban J connectivity index is 2.81. The van der Waals surface area contributed by atoms with Gasteiger partial charge in [0.2, 0.25) is 0 Å². The summed E-state index contributed by atoms with van der Waals surface area (Å²) in [4.78, 5) is 4.69. The van der Waals surface area contributed by atoms with Crippen LogP contribution in [-0.2, 0) is 6.54 Å². The summed E-state index contributed by atoms with van der Waals surface area (Å²) in [5.41, 5.74) is 3.21. The Hall–Kier alpha value is -1.06. The van der Waals surface area contributed by atoms with Crippen LogP contribution in [0.5, 0.6) is 5.75 Å². The molecule has 1 aromatic carbocycles. The number of phenols is 1. The molecule has 3 nitrogen and oxygen atoms in total. The van der Waals surface area contributed by atoms with E-state index in [4.69, 9.17) is 0 Å². The van der Waals surface area contributed by atoms with Crippen molar-refractivity contribution in [3.63, 3.8) is 0 Å². The van der Waals surface area contributed by atoms with Crippen molar-refractivity contribution in [1.82, 2.24) is 9.80 Å². The predicted molar refractivity (Wildman–Crippen MR) is 81.7 cm³/mol. The lowest BCUT2D eigenvalue weighted by Crippen LogP contribution is -2.39. The van der Waals surface area contributed by atoms with Gasteiger partial charge in [0.15, 0.2) is 0 Å². The highest BCUT2D eigenvalue weighted by Gasteiger charge is 2.14. The van der Waals surface area contributed by atoms with Crippen LogP contribution in [0.1, 0.15) is 30.5 Å². The number of likely N-dealkylation sites (N-methyl/N-ethyl adjacent to an activating group) is 2. The molecule has 0 amide bonds. The average molecular weight is 264 g/mol. The first-order valence-electron chi connectivity index (χ1n) is 7.03. The molecule has 0 aliphatic heterocycles. The van der Waals surface area contributed by atoms with E-state index in [1.54, 1.807) is 0 Å². The highest BCUT2D eigenvalue weighted by atomic mass is 16.3. The van der Waals surface area contributed by atoms with Crippen molar-refractivity contribution in [2.24, 2.45) is 0 Å². The van der Waals surface area contributed by atoms with Crippen molar-refractivity contribution in [3.05, 3.63) is 28.8 Å². The first-order valence-corrected chi connectivity index (χ1v) is 7.03. The summed E-state index contributed by atoms with van der Waals surface area (Å²) in [5.74, 6) is 0.424. The second-order valence-electron chi connectivity index (χ2n) is 5.75. The molecule has 0 saturated carbocycles. The number of benzene rings is 1. The monoisotopic (exact) mass is 264 g/mol. The molecule has 0 heterocycles. The van der Waals surface area contributed by atoms with Crippen molar-refractivity contribution in [2.45, 2.75) is 40.3 Å². The van der Waals surface area contributed by atoms with Crippen LogP contribution in [0.2, 0.25) is 0 Å². The molecule has 1 N–H and O–H groups in total. The van der Waals surface area contributed by atoms with E-state index in [-0.39, 0.29) is 0 Å². The molecule has 0 fully saturated rings. The fourth-order valence-corrected chi connectivity index (χ4v) is 2.59. The smallest absolute Gasteiger partial charge is 0.121 e. The summed E-state index contributed by atoms with van der Waals surface area (Å²) in [5, 5.41) is 9.83. The van der Waals surface area contributed by atoms with Gasteiger partial charge in [-0.1, -0.05) is 19.1 Å². The molecule has 0 saturated heterocycles. The summed E-state index contributed by atoms with van der Waals surface area (Å²) in [7, 11) is 4.22. The van der Waals surface area contributed by atoms with Gasteiger partial charge in [0, 0.05) is 19.1 Å². The second kappa shape index (κ2) is 6.92. The van der Waals surface area contributed by atoms with E-state index >= 15 is 0 Å². The molecule has 3 heteroatoms. The van der Waals surface area contributed by atoms with Gasteiger partial charge in [-0.15, -0.1) is 0 Å². The van der Waals surface area contributed by atoms with Gasteiger partial charge in [0.25, 0.3) is 0 Å². The van der Waals surface area contributed by atoms with Crippen molar-refractivity contribution in [2.75, 3.05) is 27.2 Å². The maximum atomic E-state index is 9.83. The number of hydrogen-bond acceptors (Lipinski definition) is 3. The van der Waals surface area contributed by atoms with E-state index in [9.17, 15) is 5.11 Å². The number of rotatable bonds is 6. The van der Waals surface area contributed by atoms with Gasteiger partial charge >= 0.3 is 0 Å². The average Bonchev–Trinajstić information content (AvgIpc) is 2.31. The molecule has 1 rings (SSSR count). The summed E-state index contributed by atoms with van der Waals surface area (Å²) >= 11 is 0. The molecule has 0 aliphatic rings. The highest BCUT2D eigenvalue weighted by Crippen LogP contribution is 2.24. The lowest BCUT2D eigenvalue weighted by Gasteiger charge is -2.30. The molecule has 0 aromatic heterocycles. The van der Waals surface area contributed by atoms with Gasteiger partial charge in [0.05, 0.1) is 0 Å². The number of phenolic OH excluding ortho intramolecular Hbond substituents is 1. The topological polar surface area (TPSA) is 26.7 Å². The summed E-state index contributed by atoms with van der Waals surface area (Å²) in [6.07, 6.45) is 0. The molecule has 0 radical (unpaired) electrons. The molecule has 108 valence electrons. The fraction of sp³-hybridized carbons (Fsp3) is 0.625. The standard InChI is InChI=1S/C16H28N2O/c1-7-18(14(4)10-17(5)6)11-15-8-12(2)16(19)13(3)9-15/h8-9,14,19H,7,10-11H2,1-6H3. The van der Waals surface area contributed by atoms with E-state index in [1.165, 1.54) is 5.56 Å². The minimum Gasteiger partial charge on any atom is -0.507 e. The van der Waals surface area contributed by atoms with Crippen molar-refractivity contribution in [3.8, 4) is 5.75 Å². The summed E-state index contributed by atoms with van der Waals surface area (Å²) in [6, 6.07) is 4.70. The first kappa shape index (κ1) is 16.0. The van der Waals surface area contributed by atoms with Crippen molar-refractivity contribution >= 4 is 0 Å². The van der Waals surface area contributed by atoms with Crippen molar-refractivity contribution in [1.29, 1.82) is 0 Å². The van der Waals surface area contributed by atoms with E-state index in [2.05, 4.69) is 49.9 Å². The Morgan fingerprint density at radius 3 is 2.11 bits per heavy atom. The van der Waals surface area contributed by atoms with Gasteiger partial charge in [-0.25, -0.2) is 0 Å². The van der Waals surface area contributed by atoms with E-state index in [0.717, 1.165) is 30.8 Å². The Labute approximate surface area is 117 Å². The fourth-order valence-electron chi connectivity index (χ4n) is 2.59. The molecule has 0 aliphatic carbocycles. The van der Waals surface area contributed by atoms with Gasteiger partial charge in [0.1, 0.15) is 5.75 Å². The molecule has 1 atom stereocenters. The lowest BCUT2D eigenvalue weighted by atomic mass is 10.0. The predicted octanol–water partition coefficient (Wildman–Crippen LogP) is 2.78. The second-order valence-corrected chi connectivity index (χ2v) is 5.75. The Kier molecular flexibility index (Phi) is 5.83. The van der Waals surface area contributed by atoms with E-state index in [0.29, 0.717) is 11.8 Å². The van der Waals surface area contributed by atoms with Gasteiger partial charge in [-0.3, -0.25) is 4.90 Å². The zero-order valence-electron chi connectivity index (χ0n) is 13.2. The van der Waals surface area contributed by atoms with Crippen LogP contribution in [0.4, 0.5) is 0 Å². The third-order valence-electron chi connectivity index (χ3n) is 3.60. The van der Waals surface area contributed by atoms with Crippen LogP contribution in [-0.4, -0.2) is 48.1 Å². The number of nitrogens with zero attached hydrogens (tertiary/aromatic N) is 2. The third kappa shape index (κ3) is 4.51. The van der Waals surface area contributed by atoms with Crippen LogP contribution in [0, 0.1) is 13.8 Å². The van der Waals surface area contributed by atoms with Crippen LogP contribution >= 0.6 is 0 Å². The Morgan fingerprint density at radius 1 is 1.16 bits per heavy atom. The number of aryl methyl sites for hydroxylation is 2. The minimum atomic E-state index is 0.424. The lowest BCUT2D eigenvalue weighted by molar-refractivity contribution is 0.174. The Morgan fingerprint density at radius 2 is 1.68 bits per heavy atom. The molecule has 0 spiro atoms. The number of aromatic hydroxyl groups is 1. The minimum absolute atomic E-state index is 0.424. The highest BCUT2D eigenvalue weighted by molar-refractivity contribution is 5.42. The third-order valence-corrected chi connectivity index (χ3v) is 3.60. The zero-order valence-corrected chi connectivity index (χ0v) is 13.2. The first-order chi connectivity index (χ1) is 8.85. The van der Waals surface area contributed by atoms with Crippen LogP contribution in [0.3, 0.4) is 0 Å². The summed E-state index contributed by atoms with van der Waals surface area (Å²) < 4.78 is 0. The van der Waals surface area contributed by atoms with Crippen LogP contribution in [0.15, 0.2) is 12.1 Å². The Bertz CT molecular complexity index is 392. The van der Waals surface area contributed by atoms with Crippen molar-refractivity contribution < 1.29 is 5.11 Å². The maximum Gasteiger partial charge on any atom is 0.121 e. The van der Waals surface area contributed by atoms with Gasteiger partial charge in [-0.2, -0.15) is 0 Å². The normalized spacial score (nSPS) is 13.3. The molecule has 1 unspecified atom stereocenters. The molecule has 0 bridgehead atoms. The zero-order chi connectivity index (χ0) is 14.6. The molecular formula is C16H28N2O. The van der Waals surface area contributed by atoms with Gasteiger partial charge in [-0.05, 0) is 58.1 Å². The van der Waals surface area contributed by atoms with E-state index < -0.39 is 0 Å². The maximum absolute atomic E-state index is 9.83. The molecular weight excluding hydrogens is 236 g/mol. The molecule has 1 aromatic rings. The van der Waals surface area contributed by atoms with Gasteiger partial charge < -0.3 is 10.0 Å². The van der Waals surface area contributed by atoms with E-state index in [1.807, 2.05) is 13.8 Å².